The van der Waals surface area contributed by atoms with Crippen LogP contribution in [-0.4, -0.2) is 47.5 Å². The Balaban J connectivity index is 1.61. The van der Waals surface area contributed by atoms with Crippen LogP contribution in [0.1, 0.15) is 51.3 Å². The summed E-state index contributed by atoms with van der Waals surface area (Å²) in [5.41, 5.74) is 3.32. The third-order valence-electron chi connectivity index (χ3n) is 6.03. The highest BCUT2D eigenvalue weighted by Crippen LogP contribution is 2.32. The summed E-state index contributed by atoms with van der Waals surface area (Å²) in [5.74, 6) is 0.576. The number of aryl methyl sites for hydroxylation is 1. The van der Waals surface area contributed by atoms with E-state index >= 15 is 0 Å². The Labute approximate surface area is 186 Å². The lowest BCUT2D eigenvalue weighted by molar-refractivity contribution is -0.139. The third-order valence-corrected chi connectivity index (χ3v) is 6.03. The molecule has 168 valence electrons. The molecule has 1 fully saturated rings. The Morgan fingerprint density at radius 1 is 1.06 bits per heavy atom. The summed E-state index contributed by atoms with van der Waals surface area (Å²) >= 11 is 0. The lowest BCUT2D eigenvalue weighted by atomic mass is 9.85. The van der Waals surface area contributed by atoms with Gasteiger partial charge in [0, 0.05) is 31.7 Å². The number of piperazine rings is 1. The molecular formula is C26H35FN2O2. The van der Waals surface area contributed by atoms with Crippen LogP contribution in [0.5, 0.6) is 5.75 Å². The molecule has 0 aliphatic carbocycles. The van der Waals surface area contributed by atoms with Crippen LogP contribution in [-0.2, 0) is 16.8 Å². The van der Waals surface area contributed by atoms with Crippen LogP contribution >= 0.6 is 0 Å². The summed E-state index contributed by atoms with van der Waals surface area (Å²) in [6.45, 7) is 15.0. The molecule has 2 unspecified atom stereocenters. The minimum Gasteiger partial charge on any atom is -0.483 e. The number of nitrogens with zero attached hydrogens (tertiary/aromatic N) is 2. The molecule has 2 aromatic carbocycles. The fourth-order valence-electron chi connectivity index (χ4n) is 4.17. The van der Waals surface area contributed by atoms with Gasteiger partial charge < -0.3 is 9.64 Å². The number of carbonyl (C=O) groups excluding carboxylic acids is 1. The summed E-state index contributed by atoms with van der Waals surface area (Å²) in [6, 6.07) is 13.1. The van der Waals surface area contributed by atoms with Crippen LogP contribution in [0.3, 0.4) is 0 Å². The summed E-state index contributed by atoms with van der Waals surface area (Å²) in [7, 11) is 0. The number of ether oxygens (including phenoxy) is 1. The maximum Gasteiger partial charge on any atom is 0.260 e. The first-order chi connectivity index (χ1) is 14.5. The lowest BCUT2D eigenvalue weighted by Gasteiger charge is -2.44. The molecule has 3 rings (SSSR count). The van der Waals surface area contributed by atoms with E-state index in [2.05, 4.69) is 52.5 Å². The molecule has 0 N–H and O–H groups in total. The Morgan fingerprint density at radius 3 is 2.39 bits per heavy atom. The summed E-state index contributed by atoms with van der Waals surface area (Å²) in [6.07, 6.45) is 0. The van der Waals surface area contributed by atoms with Gasteiger partial charge in [-0.1, -0.05) is 50.6 Å². The molecule has 1 amide bonds. The van der Waals surface area contributed by atoms with Gasteiger partial charge in [0.2, 0.25) is 0 Å². The van der Waals surface area contributed by atoms with Crippen molar-refractivity contribution in [2.24, 2.45) is 0 Å². The topological polar surface area (TPSA) is 32.8 Å². The van der Waals surface area contributed by atoms with Crippen molar-refractivity contribution in [3.63, 3.8) is 0 Å². The van der Waals surface area contributed by atoms with Gasteiger partial charge in [-0.15, -0.1) is 0 Å². The maximum absolute atomic E-state index is 13.2. The van der Waals surface area contributed by atoms with E-state index in [1.165, 1.54) is 17.7 Å². The second kappa shape index (κ2) is 9.39. The molecule has 4 nitrogen and oxygen atoms in total. The van der Waals surface area contributed by atoms with Gasteiger partial charge in [0.25, 0.3) is 5.91 Å². The normalized spacial score (nSPS) is 20.0. The van der Waals surface area contributed by atoms with Crippen LogP contribution in [0.15, 0.2) is 42.5 Å². The lowest BCUT2D eigenvalue weighted by Crippen LogP contribution is -2.58. The Hall–Kier alpha value is -2.40. The molecule has 1 aliphatic rings. The molecule has 1 saturated heterocycles. The maximum atomic E-state index is 13.2. The molecule has 31 heavy (non-hydrogen) atoms. The molecule has 5 heteroatoms. The summed E-state index contributed by atoms with van der Waals surface area (Å²) < 4.78 is 19.2. The van der Waals surface area contributed by atoms with Crippen LogP contribution in [0.25, 0.3) is 0 Å². The van der Waals surface area contributed by atoms with Gasteiger partial charge in [0.1, 0.15) is 11.6 Å². The van der Waals surface area contributed by atoms with Crippen LogP contribution in [0, 0.1) is 12.7 Å². The standard InChI is InChI=1S/C26H35FN2O2/c1-18-7-12-24(23(13-18)26(4,5)6)31-17-25(30)29-15-19(2)28(14-20(29)3)16-21-8-10-22(27)11-9-21/h7-13,19-20H,14-17H2,1-6H3. The van der Waals surface area contributed by atoms with E-state index in [-0.39, 0.29) is 35.8 Å². The van der Waals surface area contributed by atoms with Gasteiger partial charge in [-0.2, -0.15) is 0 Å². The van der Waals surface area contributed by atoms with Crippen molar-refractivity contribution < 1.29 is 13.9 Å². The quantitative estimate of drug-likeness (QED) is 0.680. The van der Waals surface area contributed by atoms with Crippen LogP contribution < -0.4 is 4.74 Å². The van der Waals surface area contributed by atoms with E-state index in [1.54, 1.807) is 0 Å². The van der Waals surface area contributed by atoms with E-state index in [0.717, 1.165) is 30.0 Å². The molecule has 0 aromatic heterocycles. The third kappa shape index (κ3) is 5.85. The first-order valence-electron chi connectivity index (χ1n) is 11.1. The Kier molecular flexibility index (Phi) is 7.05. The number of carbonyl (C=O) groups is 1. The molecule has 0 saturated carbocycles. The average molecular weight is 427 g/mol. The first-order valence-corrected chi connectivity index (χ1v) is 11.1. The van der Waals surface area contributed by atoms with E-state index in [1.807, 2.05) is 29.2 Å². The highest BCUT2D eigenvalue weighted by Gasteiger charge is 2.32. The van der Waals surface area contributed by atoms with E-state index in [9.17, 15) is 9.18 Å². The van der Waals surface area contributed by atoms with Gasteiger partial charge >= 0.3 is 0 Å². The molecular weight excluding hydrogens is 391 g/mol. The second-order valence-electron chi connectivity index (χ2n) is 9.84. The van der Waals surface area contributed by atoms with Crippen molar-refractivity contribution in [1.29, 1.82) is 0 Å². The molecule has 2 aromatic rings. The van der Waals surface area contributed by atoms with Crippen LogP contribution in [0.4, 0.5) is 4.39 Å². The number of rotatable bonds is 5. The molecule has 0 spiro atoms. The fourth-order valence-corrected chi connectivity index (χ4v) is 4.17. The van der Waals surface area contributed by atoms with Crippen molar-refractivity contribution >= 4 is 5.91 Å². The van der Waals surface area contributed by atoms with Gasteiger partial charge in [-0.05, 0) is 55.5 Å². The van der Waals surface area contributed by atoms with Crippen molar-refractivity contribution in [1.82, 2.24) is 9.80 Å². The van der Waals surface area contributed by atoms with Crippen molar-refractivity contribution in [3.8, 4) is 5.75 Å². The highest BCUT2D eigenvalue weighted by molar-refractivity contribution is 5.78. The Morgan fingerprint density at radius 2 is 1.74 bits per heavy atom. The predicted octanol–water partition coefficient (Wildman–Crippen LogP) is 4.93. The minimum absolute atomic E-state index is 0.0150. The SMILES string of the molecule is Cc1ccc(OCC(=O)N2CC(C)N(Cc3ccc(F)cc3)CC2C)c(C(C)(C)C)c1. The van der Waals surface area contributed by atoms with Gasteiger partial charge in [-0.3, -0.25) is 9.69 Å². The molecule has 0 bridgehead atoms. The minimum atomic E-state index is -0.219. The van der Waals surface area contributed by atoms with Crippen molar-refractivity contribution in [3.05, 3.63) is 65.0 Å². The second-order valence-corrected chi connectivity index (χ2v) is 9.84. The van der Waals surface area contributed by atoms with E-state index < -0.39 is 0 Å². The van der Waals surface area contributed by atoms with Gasteiger partial charge in [0.15, 0.2) is 6.61 Å². The first kappa shape index (κ1) is 23.3. The number of hydrogen-bond acceptors (Lipinski definition) is 3. The molecule has 2 atom stereocenters. The number of amides is 1. The highest BCUT2D eigenvalue weighted by atomic mass is 19.1. The molecule has 0 radical (unpaired) electrons. The summed E-state index contributed by atoms with van der Waals surface area (Å²) in [5, 5.41) is 0. The van der Waals surface area contributed by atoms with E-state index in [4.69, 9.17) is 4.74 Å². The van der Waals surface area contributed by atoms with Gasteiger partial charge in [0.05, 0.1) is 0 Å². The predicted molar refractivity (Wildman–Crippen MR) is 123 cm³/mol. The van der Waals surface area contributed by atoms with Crippen LogP contribution in [0.2, 0.25) is 0 Å². The smallest absolute Gasteiger partial charge is 0.260 e. The Bertz CT molecular complexity index is 905. The monoisotopic (exact) mass is 426 g/mol. The zero-order valence-corrected chi connectivity index (χ0v) is 19.6. The average Bonchev–Trinajstić information content (AvgIpc) is 2.70. The molecule has 1 heterocycles. The zero-order chi connectivity index (χ0) is 22.8. The van der Waals surface area contributed by atoms with E-state index in [0.29, 0.717) is 6.54 Å². The number of halogens is 1. The fraction of sp³-hybridized carbons (Fsp3) is 0.500. The van der Waals surface area contributed by atoms with Gasteiger partial charge in [-0.25, -0.2) is 4.39 Å². The zero-order valence-electron chi connectivity index (χ0n) is 19.6. The molecule has 1 aliphatic heterocycles. The van der Waals surface area contributed by atoms with Crippen molar-refractivity contribution in [2.45, 2.75) is 65.6 Å². The number of hydrogen-bond donors (Lipinski definition) is 0. The largest absolute Gasteiger partial charge is 0.483 e. The van der Waals surface area contributed by atoms with Crippen molar-refractivity contribution in [2.75, 3.05) is 19.7 Å². The summed E-state index contributed by atoms with van der Waals surface area (Å²) in [4.78, 5) is 17.3. The number of benzene rings is 2.